The van der Waals surface area contributed by atoms with Crippen LogP contribution in [0, 0.1) is 0 Å². The standard InChI is InChI=1S/C52H85N5O37/c1-14(63)53-27-19(68)6-51(49(80)81,91-41(27)32(72)21(70)8-58)93-43-31(57-18(5)67)47(86-23(10-60)34(43)74)90-40-30(56-17(4)66)45(79)85-26(36(40)76)13-84-46-29(55-16(3)65)37(77)39(25(12-62)88-46)89-48-38(78)44(35(75)24(11-61)87-48)94-52(50(82)83)7-20(69)28(54-15(2)64)42(92-52)33(73)22(71)9-59/h19-48,58-62,68-79H,6-13H2,1-5H3,(H,53,63)(H,54,64)(H,55,65)(H,56,66)(H,57,67)(H,80,81)(H,82,83)/t19-,20-,21+,22+,23+,24+,25+,26+,27+,28+,29+,30+,31+,32+,33+,34-,35-,36-,37+,38+,39+,40+,41+,42+,43+,44-,45-,46+,47-,48-,51-,52-/m0/s1. The smallest absolute Gasteiger partial charge is 0.364 e. The minimum absolute atomic E-state index is 0.843. The van der Waals surface area contributed by atoms with Gasteiger partial charge in [0.05, 0.1) is 63.9 Å². The van der Waals surface area contributed by atoms with Gasteiger partial charge in [0.25, 0.3) is 11.6 Å². The lowest BCUT2D eigenvalue weighted by Gasteiger charge is -2.52. The first-order valence-corrected chi connectivity index (χ1v) is 29.3. The molecule has 0 saturated carbocycles. The van der Waals surface area contributed by atoms with Crippen molar-refractivity contribution in [3.63, 3.8) is 0 Å². The molecule has 540 valence electrons. The predicted octanol–water partition coefficient (Wildman–Crippen LogP) is -15.0. The van der Waals surface area contributed by atoms with Gasteiger partial charge in [0, 0.05) is 47.5 Å². The summed E-state index contributed by atoms with van der Waals surface area (Å²) >= 11 is 0. The average molecular weight is 1370 g/mol. The third kappa shape index (κ3) is 17.5. The fourth-order valence-electron chi connectivity index (χ4n) is 11.8. The van der Waals surface area contributed by atoms with E-state index in [2.05, 4.69) is 26.6 Å². The Morgan fingerprint density at radius 1 is 0.436 bits per heavy atom. The highest BCUT2D eigenvalue weighted by molar-refractivity contribution is 5.78. The number of nitrogens with one attached hydrogen (secondary N) is 5. The molecule has 0 spiro atoms. The molecule has 0 unspecified atom stereocenters. The highest BCUT2D eigenvalue weighted by Gasteiger charge is 2.63. The summed E-state index contributed by atoms with van der Waals surface area (Å²) in [5.74, 6) is -15.2. The third-order valence-electron chi connectivity index (χ3n) is 16.4. The zero-order chi connectivity index (χ0) is 70.3. The predicted molar refractivity (Wildman–Crippen MR) is 292 cm³/mol. The maximum Gasteiger partial charge on any atom is 0.364 e. The Morgan fingerprint density at radius 3 is 1.26 bits per heavy atom. The van der Waals surface area contributed by atoms with E-state index in [1.54, 1.807) is 0 Å². The maximum absolute atomic E-state index is 13.3. The van der Waals surface area contributed by atoms with Crippen molar-refractivity contribution in [2.75, 3.05) is 39.6 Å². The molecule has 5 amide bonds. The lowest BCUT2D eigenvalue weighted by molar-refractivity contribution is -0.383. The van der Waals surface area contributed by atoms with Crippen molar-refractivity contribution >= 4 is 41.5 Å². The number of aliphatic hydroxyl groups excluding tert-OH is 17. The van der Waals surface area contributed by atoms with E-state index in [1.807, 2.05) is 0 Å². The van der Waals surface area contributed by atoms with Gasteiger partial charge in [-0.25, -0.2) is 9.59 Å². The molecule has 6 saturated heterocycles. The molecular weight excluding hydrogens is 1290 g/mol. The Labute approximate surface area is 532 Å². The molecule has 0 radical (unpaired) electrons. The van der Waals surface area contributed by atoms with Crippen molar-refractivity contribution in [3.05, 3.63) is 0 Å². The van der Waals surface area contributed by atoms with Crippen molar-refractivity contribution in [2.45, 2.75) is 243 Å². The van der Waals surface area contributed by atoms with E-state index in [0.29, 0.717) is 0 Å². The minimum Gasteiger partial charge on any atom is -0.477 e. The number of hydrogen-bond donors (Lipinski definition) is 24. The monoisotopic (exact) mass is 1370 g/mol. The van der Waals surface area contributed by atoms with Crippen LogP contribution in [0.25, 0.3) is 0 Å². The third-order valence-corrected chi connectivity index (χ3v) is 16.4. The molecule has 6 fully saturated rings. The molecule has 0 aromatic carbocycles. The molecule has 32 atom stereocenters. The SMILES string of the molecule is CC(=O)N[C@@H]1[C@@H](O[C@@H]2O[C@H](CO)[C@H](O)[C@H](O[C@]3(C(=O)O)C[C@H](O)[C@@H](NC(C)=O)[C@H]([C@H](O)[C@H](O)CO)O3)[C@H]2NC(C)=O)[C@@H](O)[C@@H](CO[C@@H]2O[C@H](CO)[C@@H](O[C@@H]3O[C@H](CO)[C@H](O)[C@H](O[C@]4(C(=O)O)C[C@H](O)[C@@H](NC(C)=O)[C@H]([C@H](O)[C@H](O)CO)O4)[C@H]3O)[C@H](O)[C@H]2NC(C)=O)O[C@@H]1O. The first kappa shape index (κ1) is 78.2. The number of aliphatic carboxylic acids is 2. The summed E-state index contributed by atoms with van der Waals surface area (Å²) in [4.78, 5) is 89.1. The summed E-state index contributed by atoms with van der Waals surface area (Å²) in [6, 6.07) is -9.14. The van der Waals surface area contributed by atoms with Crippen LogP contribution in [0.4, 0.5) is 0 Å². The lowest BCUT2D eigenvalue weighted by atomic mass is 9.88. The van der Waals surface area contributed by atoms with Gasteiger partial charge in [-0.2, -0.15) is 0 Å². The van der Waals surface area contributed by atoms with Gasteiger partial charge in [0.15, 0.2) is 25.2 Å². The molecular formula is C52H85N5O37. The lowest BCUT2D eigenvalue weighted by Crippen LogP contribution is -2.73. The second-order valence-corrected chi connectivity index (χ2v) is 23.3. The van der Waals surface area contributed by atoms with Crippen LogP contribution in [0.15, 0.2) is 0 Å². The number of carboxylic acids is 2. The van der Waals surface area contributed by atoms with Gasteiger partial charge in [-0.15, -0.1) is 0 Å². The summed E-state index contributed by atoms with van der Waals surface area (Å²) in [6.07, 6.45) is -55.4. The van der Waals surface area contributed by atoms with Gasteiger partial charge in [-0.05, 0) is 0 Å². The Morgan fingerprint density at radius 2 is 0.819 bits per heavy atom. The van der Waals surface area contributed by atoms with Crippen LogP contribution in [0.1, 0.15) is 47.5 Å². The molecule has 42 heteroatoms. The van der Waals surface area contributed by atoms with Gasteiger partial charge < -0.3 is 176 Å². The molecule has 0 aromatic heterocycles. The molecule has 42 nitrogen and oxygen atoms in total. The number of carbonyl (C=O) groups is 7. The van der Waals surface area contributed by atoms with E-state index in [4.69, 9.17) is 52.1 Å². The summed E-state index contributed by atoms with van der Waals surface area (Å²) in [7, 11) is 0. The quantitative estimate of drug-likeness (QED) is 0.0363. The molecule has 6 aliphatic rings. The Bertz CT molecular complexity index is 2570. The molecule has 24 N–H and O–H groups in total. The minimum atomic E-state index is -3.24. The number of aliphatic hydroxyl groups is 17. The van der Waals surface area contributed by atoms with E-state index in [1.165, 1.54) is 0 Å². The van der Waals surface area contributed by atoms with Gasteiger partial charge in [0.2, 0.25) is 29.5 Å². The topological polar surface area (TPSA) is 666 Å². The second kappa shape index (κ2) is 33.1. The van der Waals surface area contributed by atoms with E-state index < -0.39 is 289 Å². The van der Waals surface area contributed by atoms with Crippen LogP contribution in [0.3, 0.4) is 0 Å². The zero-order valence-corrected chi connectivity index (χ0v) is 50.8. The summed E-state index contributed by atoms with van der Waals surface area (Å²) in [6.45, 7) is -2.03. The van der Waals surface area contributed by atoms with Crippen molar-refractivity contribution in [1.29, 1.82) is 0 Å². The van der Waals surface area contributed by atoms with Gasteiger partial charge >= 0.3 is 11.9 Å². The fourth-order valence-corrected chi connectivity index (χ4v) is 11.8. The van der Waals surface area contributed by atoms with Crippen molar-refractivity contribution in [2.24, 2.45) is 0 Å². The van der Waals surface area contributed by atoms with Crippen LogP contribution < -0.4 is 26.6 Å². The Balaban J connectivity index is 1.27. The van der Waals surface area contributed by atoms with Gasteiger partial charge in [-0.3, -0.25) is 24.0 Å². The van der Waals surface area contributed by atoms with E-state index >= 15 is 0 Å². The highest BCUT2D eigenvalue weighted by atomic mass is 16.8. The second-order valence-electron chi connectivity index (χ2n) is 23.3. The maximum atomic E-state index is 13.3. The van der Waals surface area contributed by atoms with Gasteiger partial charge in [0.1, 0.15) is 134 Å². The normalized spacial score (nSPS) is 42.4. The summed E-state index contributed by atoms with van der Waals surface area (Å²) in [5.41, 5.74) is 0. The summed E-state index contributed by atoms with van der Waals surface area (Å²) < 4.78 is 64.0. The van der Waals surface area contributed by atoms with Crippen LogP contribution in [-0.4, -0.2) is 373 Å². The number of hydrogen-bond acceptors (Lipinski definition) is 35. The molecule has 6 heterocycles. The average Bonchev–Trinajstić information content (AvgIpc) is 0.760. The van der Waals surface area contributed by atoms with Gasteiger partial charge in [-0.1, -0.05) is 0 Å². The number of amides is 5. The molecule has 0 aliphatic carbocycles. The molecule has 6 rings (SSSR count). The molecule has 0 aromatic rings. The largest absolute Gasteiger partial charge is 0.477 e. The van der Waals surface area contributed by atoms with Crippen LogP contribution in [-0.2, 0) is 85.7 Å². The fraction of sp³-hybridized carbons (Fsp3) is 0.865. The Kier molecular flexibility index (Phi) is 27.6. The first-order chi connectivity index (χ1) is 44.0. The Hall–Kier alpha value is -4.83. The molecule has 0 bridgehead atoms. The van der Waals surface area contributed by atoms with Crippen molar-refractivity contribution < 1.29 is 183 Å². The molecule has 94 heavy (non-hydrogen) atoms. The van der Waals surface area contributed by atoms with E-state index in [9.17, 15) is 131 Å². The van der Waals surface area contributed by atoms with Crippen LogP contribution in [0.2, 0.25) is 0 Å². The summed E-state index contributed by atoms with van der Waals surface area (Å²) in [5, 5.41) is 219. The first-order valence-electron chi connectivity index (χ1n) is 29.3. The molecule has 6 aliphatic heterocycles. The van der Waals surface area contributed by atoms with E-state index in [0.717, 1.165) is 34.6 Å². The number of carbonyl (C=O) groups excluding carboxylic acids is 5. The zero-order valence-electron chi connectivity index (χ0n) is 50.8. The van der Waals surface area contributed by atoms with Crippen LogP contribution in [0.5, 0.6) is 0 Å². The number of ether oxygens (including phenoxy) is 11. The van der Waals surface area contributed by atoms with E-state index in [-0.39, 0.29) is 0 Å². The van der Waals surface area contributed by atoms with Crippen molar-refractivity contribution in [3.8, 4) is 0 Å². The number of carboxylic acid groups (broad SMARTS) is 2. The van der Waals surface area contributed by atoms with Crippen LogP contribution >= 0.6 is 0 Å². The number of rotatable bonds is 27. The highest BCUT2D eigenvalue weighted by Crippen LogP contribution is 2.41. The van der Waals surface area contributed by atoms with Crippen molar-refractivity contribution in [1.82, 2.24) is 26.6 Å².